The number of carbonyl (C=O) groups is 2. The summed E-state index contributed by atoms with van der Waals surface area (Å²) in [5.74, 6) is -0.250. The van der Waals surface area contributed by atoms with Crippen molar-refractivity contribution in [2.75, 3.05) is 13.2 Å². The molecule has 0 aromatic rings. The van der Waals surface area contributed by atoms with Crippen LogP contribution in [-0.2, 0) is 28.2 Å². The molecule has 0 radical (unpaired) electrons. The molecule has 0 spiro atoms. The maximum absolute atomic E-state index is 12.3. The fraction of sp³-hybridized carbons (Fsp3) is 0.641. The van der Waals surface area contributed by atoms with Crippen LogP contribution in [0.2, 0.25) is 0 Å². The number of rotatable bonds is 31. The molecular weight excluding hydrogens is 643 g/mol. The largest absolute Gasteiger partial charge is 0.469 e. The van der Waals surface area contributed by atoms with Crippen molar-refractivity contribution in [2.24, 2.45) is 5.92 Å². The van der Waals surface area contributed by atoms with Gasteiger partial charge in [-0.15, -0.1) is 0 Å². The van der Waals surface area contributed by atoms with Crippen LogP contribution in [0.15, 0.2) is 72.9 Å². The maximum Gasteiger partial charge on any atom is 0.469 e. The Kier molecular flexibility index (Phi) is 30.9. The summed E-state index contributed by atoms with van der Waals surface area (Å²) < 4.78 is 26.2. The molecule has 0 aliphatic carbocycles. The number of aliphatic hydroxyl groups is 1. The fourth-order valence-corrected chi connectivity index (χ4v) is 4.91. The van der Waals surface area contributed by atoms with Gasteiger partial charge in [0.1, 0.15) is 6.61 Å². The van der Waals surface area contributed by atoms with E-state index in [1.165, 1.54) is 32.1 Å². The molecule has 49 heavy (non-hydrogen) atoms. The van der Waals surface area contributed by atoms with Crippen LogP contribution in [0.5, 0.6) is 0 Å². The summed E-state index contributed by atoms with van der Waals surface area (Å²) in [5.41, 5.74) is 0. The van der Waals surface area contributed by atoms with Gasteiger partial charge in [0, 0.05) is 12.8 Å². The van der Waals surface area contributed by atoms with Crippen molar-refractivity contribution in [1.29, 1.82) is 0 Å². The van der Waals surface area contributed by atoms with Crippen molar-refractivity contribution in [3.63, 3.8) is 0 Å². The number of esters is 2. The third kappa shape index (κ3) is 36.6. The van der Waals surface area contributed by atoms with E-state index in [2.05, 4.69) is 43.5 Å². The Morgan fingerprint density at radius 1 is 0.694 bits per heavy atom. The van der Waals surface area contributed by atoms with E-state index in [0.29, 0.717) is 19.3 Å². The van der Waals surface area contributed by atoms with Crippen molar-refractivity contribution in [3.05, 3.63) is 72.9 Å². The zero-order valence-electron chi connectivity index (χ0n) is 30.3. The highest BCUT2D eigenvalue weighted by molar-refractivity contribution is 7.46. The van der Waals surface area contributed by atoms with Gasteiger partial charge in [-0.1, -0.05) is 145 Å². The molecule has 0 saturated heterocycles. The number of phosphoric acid groups is 1. The van der Waals surface area contributed by atoms with Crippen LogP contribution >= 0.6 is 7.82 Å². The Morgan fingerprint density at radius 2 is 1.29 bits per heavy atom. The topological polar surface area (TPSA) is 140 Å². The zero-order valence-corrected chi connectivity index (χ0v) is 31.2. The lowest BCUT2D eigenvalue weighted by molar-refractivity contribution is -0.161. The fourth-order valence-electron chi connectivity index (χ4n) is 4.55. The standard InChI is InChI=1S/C39H65O9P/c1-4-5-23-29-36(40)30-25-20-16-11-9-7-6-8-10-12-18-22-27-32-39(42)48-37(34-47-49(43,44)45)33-46-38(41)31-26-21-17-14-13-15-19-24-28-35(2)3/h5,7-10,16,18,20,22-23,25,30,35-37,40H,4,6,11-15,17,19,21,24,26-29,31-34H2,1-3H3,(H2,43,44,45)/b9-7-,10-8-,20-16+,22-18-,23-5-,30-25+/t36?,37-/m1/s1. The molecule has 0 aromatic carbocycles. The van der Waals surface area contributed by atoms with Gasteiger partial charge in [0.2, 0.25) is 0 Å². The molecule has 0 aliphatic rings. The van der Waals surface area contributed by atoms with Gasteiger partial charge in [0.25, 0.3) is 0 Å². The van der Waals surface area contributed by atoms with Crippen LogP contribution in [0, 0.1) is 5.92 Å². The number of hydrogen-bond acceptors (Lipinski definition) is 7. The number of phosphoric ester groups is 1. The smallest absolute Gasteiger partial charge is 0.462 e. The quantitative estimate of drug-likeness (QED) is 0.0211. The highest BCUT2D eigenvalue weighted by Crippen LogP contribution is 2.35. The van der Waals surface area contributed by atoms with Crippen molar-refractivity contribution in [2.45, 2.75) is 142 Å². The molecule has 280 valence electrons. The van der Waals surface area contributed by atoms with Gasteiger partial charge in [-0.25, -0.2) is 4.57 Å². The van der Waals surface area contributed by atoms with Gasteiger partial charge in [0.15, 0.2) is 6.10 Å². The van der Waals surface area contributed by atoms with E-state index >= 15 is 0 Å². The highest BCUT2D eigenvalue weighted by Gasteiger charge is 2.22. The number of hydrogen-bond donors (Lipinski definition) is 3. The number of carbonyl (C=O) groups excluding carboxylic acids is 2. The van der Waals surface area contributed by atoms with Gasteiger partial charge < -0.3 is 24.4 Å². The lowest BCUT2D eigenvalue weighted by Crippen LogP contribution is -2.29. The maximum atomic E-state index is 12.3. The van der Waals surface area contributed by atoms with Crippen LogP contribution < -0.4 is 0 Å². The molecule has 0 aromatic heterocycles. The molecule has 2 atom stereocenters. The third-order valence-corrected chi connectivity index (χ3v) is 7.75. The molecule has 9 nitrogen and oxygen atoms in total. The lowest BCUT2D eigenvalue weighted by Gasteiger charge is -2.18. The van der Waals surface area contributed by atoms with E-state index in [1.54, 1.807) is 6.08 Å². The summed E-state index contributed by atoms with van der Waals surface area (Å²) >= 11 is 0. The molecule has 10 heteroatoms. The minimum atomic E-state index is -4.78. The van der Waals surface area contributed by atoms with Crippen molar-refractivity contribution < 1.29 is 43.0 Å². The molecule has 0 fully saturated rings. The first-order valence-corrected chi connectivity index (χ1v) is 19.7. The Morgan fingerprint density at radius 3 is 1.90 bits per heavy atom. The number of allylic oxidation sites excluding steroid dienone is 10. The summed E-state index contributed by atoms with van der Waals surface area (Å²) in [6.45, 7) is 5.66. The SMILES string of the molecule is CC/C=C\CC(O)/C=C/C=C/C/C=C\C/C=C\C/C=C\CCC(=O)O[C@H](COC(=O)CCCCCCCCCCC(C)C)COP(=O)(O)O. The van der Waals surface area contributed by atoms with Gasteiger partial charge >= 0.3 is 19.8 Å². The van der Waals surface area contributed by atoms with E-state index in [9.17, 15) is 19.3 Å². The molecule has 0 saturated carbocycles. The number of aliphatic hydroxyl groups excluding tert-OH is 1. The van der Waals surface area contributed by atoms with Gasteiger partial charge in [0.05, 0.1) is 12.7 Å². The van der Waals surface area contributed by atoms with E-state index in [4.69, 9.17) is 19.3 Å². The van der Waals surface area contributed by atoms with Crippen molar-refractivity contribution >= 4 is 19.8 Å². The van der Waals surface area contributed by atoms with Crippen LogP contribution in [0.4, 0.5) is 0 Å². The average Bonchev–Trinajstić information content (AvgIpc) is 3.04. The van der Waals surface area contributed by atoms with Crippen LogP contribution in [0.1, 0.15) is 130 Å². The molecule has 0 rings (SSSR count). The van der Waals surface area contributed by atoms with Crippen LogP contribution in [-0.4, -0.2) is 52.3 Å². The molecular formula is C39H65O9P. The van der Waals surface area contributed by atoms with E-state index in [0.717, 1.165) is 50.9 Å². The van der Waals surface area contributed by atoms with Crippen molar-refractivity contribution in [3.8, 4) is 0 Å². The minimum Gasteiger partial charge on any atom is -0.462 e. The van der Waals surface area contributed by atoms with Gasteiger partial charge in [-0.2, -0.15) is 0 Å². The monoisotopic (exact) mass is 708 g/mol. The first-order valence-electron chi connectivity index (χ1n) is 18.2. The minimum absolute atomic E-state index is 0.0681. The van der Waals surface area contributed by atoms with E-state index in [-0.39, 0.29) is 19.4 Å². The highest BCUT2D eigenvalue weighted by atomic mass is 31.2. The van der Waals surface area contributed by atoms with Gasteiger partial charge in [-0.05, 0) is 50.9 Å². The van der Waals surface area contributed by atoms with Crippen molar-refractivity contribution in [1.82, 2.24) is 0 Å². The summed E-state index contributed by atoms with van der Waals surface area (Å²) in [5, 5.41) is 9.80. The van der Waals surface area contributed by atoms with Crippen LogP contribution in [0.25, 0.3) is 0 Å². The van der Waals surface area contributed by atoms with Gasteiger partial charge in [-0.3, -0.25) is 14.1 Å². The summed E-state index contributed by atoms with van der Waals surface area (Å²) in [6, 6.07) is 0. The molecule has 1 unspecified atom stereocenters. The number of ether oxygens (including phenoxy) is 2. The Labute approximate surface area is 296 Å². The predicted molar refractivity (Wildman–Crippen MR) is 199 cm³/mol. The molecule has 0 aliphatic heterocycles. The first-order chi connectivity index (χ1) is 23.5. The Balaban J connectivity index is 4.20. The molecule has 0 bridgehead atoms. The Bertz CT molecular complexity index is 1050. The second kappa shape index (κ2) is 32.6. The van der Waals surface area contributed by atoms with E-state index in [1.807, 2.05) is 48.6 Å². The summed E-state index contributed by atoms with van der Waals surface area (Å²) in [7, 11) is -4.78. The second-order valence-electron chi connectivity index (χ2n) is 12.5. The van der Waals surface area contributed by atoms with E-state index < -0.39 is 38.6 Å². The molecule has 3 N–H and O–H groups in total. The number of unbranched alkanes of at least 4 members (excludes halogenated alkanes) is 7. The molecule has 0 heterocycles. The first kappa shape index (κ1) is 46.5. The zero-order chi connectivity index (χ0) is 36.4. The normalized spacial score (nSPS) is 14.1. The van der Waals surface area contributed by atoms with Crippen LogP contribution in [0.3, 0.4) is 0 Å². The Hall–Kier alpha value is -2.55. The predicted octanol–water partition coefficient (Wildman–Crippen LogP) is 9.56. The lowest BCUT2D eigenvalue weighted by atomic mass is 10.0. The second-order valence-corrected chi connectivity index (χ2v) is 13.7. The average molecular weight is 709 g/mol. The third-order valence-electron chi connectivity index (χ3n) is 7.26. The molecule has 0 amide bonds. The summed E-state index contributed by atoms with van der Waals surface area (Å²) in [4.78, 5) is 42.6. The summed E-state index contributed by atoms with van der Waals surface area (Å²) in [6.07, 6.45) is 37.0.